The van der Waals surface area contributed by atoms with Crippen molar-refractivity contribution < 1.29 is 41.8 Å². The summed E-state index contributed by atoms with van der Waals surface area (Å²) in [5.74, 6) is -6.98. The molecule has 1 saturated carbocycles. The molecule has 9 nitrogen and oxygen atoms in total. The number of benzene rings is 1. The van der Waals surface area contributed by atoms with Gasteiger partial charge in [0, 0.05) is 35.6 Å². The molecule has 1 saturated heterocycles. The Morgan fingerprint density at radius 2 is 1.89 bits per heavy atom. The van der Waals surface area contributed by atoms with Gasteiger partial charge in [0.15, 0.2) is 5.78 Å². The lowest BCUT2D eigenvalue weighted by Gasteiger charge is -2.36. The van der Waals surface area contributed by atoms with E-state index in [9.17, 15) is 14.4 Å². The summed E-state index contributed by atoms with van der Waals surface area (Å²) in [5, 5.41) is 2.66. The number of methoxy groups -OCH3 is 1. The van der Waals surface area contributed by atoms with Gasteiger partial charge in [-0.25, -0.2) is 22.9 Å². The summed E-state index contributed by atoms with van der Waals surface area (Å²) in [6.07, 6.45) is -0.798. The van der Waals surface area contributed by atoms with Gasteiger partial charge in [-0.05, 0) is 43.7 Å². The number of pyridine rings is 1. The topological polar surface area (TPSA) is 107 Å². The van der Waals surface area contributed by atoms with Crippen LogP contribution in [-0.2, 0) is 20.2 Å². The lowest BCUT2D eigenvalue weighted by molar-refractivity contribution is -0.143. The lowest BCUT2D eigenvalue weighted by Crippen LogP contribution is -2.57. The molecule has 1 aromatic heterocycles. The van der Waals surface area contributed by atoms with Crippen LogP contribution in [0.5, 0.6) is 11.6 Å². The minimum absolute atomic E-state index is 0.0364. The third-order valence-electron chi connectivity index (χ3n) is 10.0. The zero-order chi connectivity index (χ0) is 34.6. The molecule has 2 aliphatic heterocycles. The fourth-order valence-corrected chi connectivity index (χ4v) is 6.94. The van der Waals surface area contributed by atoms with Crippen molar-refractivity contribution >= 4 is 28.7 Å². The third-order valence-corrected chi connectivity index (χ3v) is 10.0. The smallest absolute Gasteiger partial charge is 0.408 e. The Kier molecular flexibility index (Phi) is 9.22. The largest absolute Gasteiger partial charge is 0.497 e. The van der Waals surface area contributed by atoms with Gasteiger partial charge in [0.05, 0.1) is 25.2 Å². The van der Waals surface area contributed by atoms with E-state index in [4.69, 9.17) is 14.2 Å². The average Bonchev–Trinajstić information content (AvgIpc) is 3.50. The molecule has 5 rings (SSSR count). The zero-order valence-electron chi connectivity index (χ0n) is 28.4. The van der Waals surface area contributed by atoms with Gasteiger partial charge in [-0.1, -0.05) is 48.0 Å². The Morgan fingerprint density at radius 3 is 2.53 bits per heavy atom. The van der Waals surface area contributed by atoms with Crippen LogP contribution >= 0.6 is 0 Å². The molecule has 12 heteroatoms. The minimum atomic E-state index is -3.64. The van der Waals surface area contributed by atoms with E-state index in [1.165, 1.54) is 30.2 Å². The Hall–Kier alpha value is -3.57. The highest BCUT2D eigenvalue weighted by Crippen LogP contribution is 2.50. The second-order valence-corrected chi connectivity index (χ2v) is 15.0. The van der Waals surface area contributed by atoms with Crippen molar-refractivity contribution in [1.82, 2.24) is 15.2 Å². The number of amides is 2. The fraction of sp³-hybridized carbons (Fsp3) is 0.657. The number of carbonyl (C=O) groups excluding carboxylic acids is 3. The number of fused-ring (bicyclic) bond motifs is 5. The van der Waals surface area contributed by atoms with Gasteiger partial charge >= 0.3 is 6.09 Å². The summed E-state index contributed by atoms with van der Waals surface area (Å²) >= 11 is 0. The number of carbonyl (C=O) groups is 3. The van der Waals surface area contributed by atoms with Gasteiger partial charge < -0.3 is 24.4 Å². The van der Waals surface area contributed by atoms with E-state index in [-0.39, 0.29) is 35.6 Å². The molecular weight excluding hydrogens is 615 g/mol. The molecule has 1 aliphatic carbocycles. The van der Waals surface area contributed by atoms with E-state index in [2.05, 4.69) is 10.3 Å². The van der Waals surface area contributed by atoms with Crippen LogP contribution in [0.1, 0.15) is 86.1 Å². The van der Waals surface area contributed by atoms with E-state index in [0.29, 0.717) is 25.0 Å². The Labute approximate surface area is 273 Å². The van der Waals surface area contributed by atoms with E-state index >= 15 is 13.2 Å². The predicted molar refractivity (Wildman–Crippen MR) is 169 cm³/mol. The summed E-state index contributed by atoms with van der Waals surface area (Å²) in [5.41, 5.74) is -2.45. The van der Waals surface area contributed by atoms with Crippen LogP contribution in [0.3, 0.4) is 0 Å². The molecule has 1 aromatic carbocycles. The average molecular weight is 662 g/mol. The van der Waals surface area contributed by atoms with Gasteiger partial charge in [-0.15, -0.1) is 0 Å². The molecule has 258 valence electrons. The van der Waals surface area contributed by atoms with Crippen LogP contribution in [0.2, 0.25) is 0 Å². The monoisotopic (exact) mass is 661 g/mol. The number of halogens is 3. The minimum Gasteiger partial charge on any atom is -0.497 e. The molecule has 3 aliphatic rings. The molecule has 6 atom stereocenters. The van der Waals surface area contributed by atoms with Crippen LogP contribution in [-0.4, -0.2) is 65.1 Å². The zero-order valence-corrected chi connectivity index (χ0v) is 28.4. The van der Waals surface area contributed by atoms with Gasteiger partial charge in [-0.2, -0.15) is 0 Å². The fourth-order valence-electron chi connectivity index (χ4n) is 6.94. The number of rotatable bonds is 3. The molecule has 1 N–H and O–H groups in total. The molecule has 3 heterocycles. The highest BCUT2D eigenvalue weighted by Gasteiger charge is 2.55. The second kappa shape index (κ2) is 12.5. The number of aromatic nitrogens is 1. The van der Waals surface area contributed by atoms with Gasteiger partial charge in [0.25, 0.3) is 5.92 Å². The molecular formula is C35H46F3N3O6. The molecule has 47 heavy (non-hydrogen) atoms. The quantitative estimate of drug-likeness (QED) is 0.386. The second-order valence-electron chi connectivity index (χ2n) is 15.0. The van der Waals surface area contributed by atoms with Crippen molar-refractivity contribution in [3.63, 3.8) is 0 Å². The Balaban J connectivity index is 1.63. The van der Waals surface area contributed by atoms with Gasteiger partial charge in [0.1, 0.15) is 34.9 Å². The number of hydrogen-bond acceptors (Lipinski definition) is 7. The predicted octanol–water partition coefficient (Wildman–Crippen LogP) is 6.79. The molecule has 2 fully saturated rings. The normalized spacial score (nSPS) is 30.0. The highest BCUT2D eigenvalue weighted by atomic mass is 19.3. The van der Waals surface area contributed by atoms with Gasteiger partial charge in [-0.3, -0.25) is 9.59 Å². The first-order valence-electron chi connectivity index (χ1n) is 16.4. The maximum absolute atomic E-state index is 16.2. The summed E-state index contributed by atoms with van der Waals surface area (Å²) in [7, 11) is 1.43. The maximum Gasteiger partial charge on any atom is 0.408 e. The van der Waals surface area contributed by atoms with Crippen LogP contribution < -0.4 is 14.8 Å². The number of alkyl halides is 2. The summed E-state index contributed by atoms with van der Waals surface area (Å²) in [6.45, 7) is 12.1. The number of Topliss-reactive ketones (excluding diaryl/α,β-unsaturated/α-hetero) is 1. The van der Waals surface area contributed by atoms with Crippen molar-refractivity contribution in [3.8, 4) is 11.6 Å². The van der Waals surface area contributed by atoms with E-state index in [0.717, 1.165) is 0 Å². The Morgan fingerprint density at radius 1 is 1.19 bits per heavy atom. The van der Waals surface area contributed by atoms with Crippen LogP contribution in [0, 0.1) is 29.0 Å². The number of nitrogens with one attached hydrogen (secondary N) is 1. The summed E-state index contributed by atoms with van der Waals surface area (Å²) < 4.78 is 65.7. The van der Waals surface area contributed by atoms with E-state index in [1.54, 1.807) is 48.5 Å². The molecule has 2 bridgehead atoms. The van der Waals surface area contributed by atoms with Crippen molar-refractivity contribution in [3.05, 3.63) is 29.6 Å². The number of ketones is 1. The van der Waals surface area contributed by atoms with E-state index in [1.807, 2.05) is 0 Å². The Bertz CT molecular complexity index is 1560. The van der Waals surface area contributed by atoms with Crippen molar-refractivity contribution in [2.24, 2.45) is 23.2 Å². The summed E-state index contributed by atoms with van der Waals surface area (Å²) in [6, 6.07) is 2.20. The molecule has 6 unspecified atom stereocenters. The van der Waals surface area contributed by atoms with Crippen molar-refractivity contribution in [2.75, 3.05) is 13.7 Å². The van der Waals surface area contributed by atoms with Crippen LogP contribution in [0.15, 0.2) is 18.2 Å². The maximum atomic E-state index is 16.2. The molecule has 2 amide bonds. The summed E-state index contributed by atoms with van der Waals surface area (Å²) in [4.78, 5) is 46.9. The number of ether oxygens (including phenoxy) is 3. The molecule has 0 radical (unpaired) electrons. The molecule has 2 aromatic rings. The van der Waals surface area contributed by atoms with Gasteiger partial charge in [0.2, 0.25) is 11.8 Å². The number of alkyl carbamates (subject to hydrolysis) is 1. The van der Waals surface area contributed by atoms with Crippen molar-refractivity contribution in [2.45, 2.75) is 110 Å². The van der Waals surface area contributed by atoms with E-state index < -0.39 is 82.6 Å². The first-order chi connectivity index (χ1) is 21.9. The standard InChI is InChI=1S/C35H46F3N3O6/c1-18(2)28(42)27-19(3)24-17-41(27)31(43)29(33(4,5)6)40-32(44)47-34(7)16-20(34)11-9-10-14-35(37,38)25-26(36)22-13-12-21(45-8)15-23(22)39-30(25)46-24/h12-13,15,18-20,24,27,29H,9-11,14,16-17H2,1-8H3,(H,40,44). The number of nitrogens with zero attached hydrogens (tertiary/aromatic N) is 2. The third kappa shape index (κ3) is 6.74. The van der Waals surface area contributed by atoms with Crippen LogP contribution in [0.25, 0.3) is 10.9 Å². The van der Waals surface area contributed by atoms with Crippen molar-refractivity contribution in [1.29, 1.82) is 0 Å². The number of hydrogen-bond donors (Lipinski definition) is 1. The molecule has 0 spiro atoms. The van der Waals surface area contributed by atoms with Crippen LogP contribution in [0.4, 0.5) is 18.0 Å². The highest BCUT2D eigenvalue weighted by molar-refractivity contribution is 5.94. The SMILES string of the molecule is COc1ccc2c(F)c3c(nc2c1)OC1CN(C(=O)C(C(C)(C)C)NC(=O)OC2(C)CC2CCCCC3(F)F)C(C(=O)C(C)C)C1C. The lowest BCUT2D eigenvalue weighted by atomic mass is 9.85. The first kappa shape index (κ1) is 34.8. The first-order valence-corrected chi connectivity index (χ1v) is 16.4.